The molecule has 29 heavy (non-hydrogen) atoms. The van der Waals surface area contributed by atoms with Gasteiger partial charge in [-0.1, -0.05) is 6.07 Å². The molecule has 3 N–H and O–H groups in total. The summed E-state index contributed by atoms with van der Waals surface area (Å²) in [5.74, 6) is 0.737. The summed E-state index contributed by atoms with van der Waals surface area (Å²) in [6, 6.07) is 10.8. The zero-order chi connectivity index (χ0) is 20.0. The molecule has 0 unspecified atom stereocenters. The highest BCUT2D eigenvalue weighted by atomic mass is 32.1. The molecule has 2 aromatic heterocycles. The third-order valence-corrected chi connectivity index (χ3v) is 5.31. The molecule has 0 spiro atoms. The number of imidazole rings is 1. The second kappa shape index (κ2) is 6.71. The number of aromatic nitrogens is 3. The van der Waals surface area contributed by atoms with Crippen molar-refractivity contribution in [3.63, 3.8) is 0 Å². The smallest absolute Gasteiger partial charge is 0.262 e. The minimum atomic E-state index is -0.269. The minimum Gasteiger partial charge on any atom is -0.482 e. The molecule has 144 valence electrons. The van der Waals surface area contributed by atoms with E-state index in [-0.39, 0.29) is 18.4 Å². The number of rotatable bonds is 3. The number of para-hydroxylation sites is 1. The molecule has 0 saturated carbocycles. The maximum Gasteiger partial charge on any atom is 0.262 e. The summed E-state index contributed by atoms with van der Waals surface area (Å²) in [6.45, 7) is 1.94. The number of benzene rings is 2. The average Bonchev–Trinajstić information content (AvgIpc) is 3.33. The molecule has 0 radical (unpaired) electrons. The molecule has 0 bridgehead atoms. The van der Waals surface area contributed by atoms with Crippen LogP contribution in [0.4, 0.5) is 10.8 Å². The van der Waals surface area contributed by atoms with Crippen LogP contribution in [0, 0.1) is 6.92 Å². The summed E-state index contributed by atoms with van der Waals surface area (Å²) in [5.41, 5.74) is 3.11. The van der Waals surface area contributed by atoms with Crippen LogP contribution in [0.1, 0.15) is 15.2 Å². The highest BCUT2D eigenvalue weighted by Gasteiger charge is 2.19. The largest absolute Gasteiger partial charge is 0.482 e. The van der Waals surface area contributed by atoms with Crippen molar-refractivity contribution in [2.24, 2.45) is 0 Å². The fraction of sp³-hybridized carbons (Fsp3) is 0.100. The molecule has 2 aromatic carbocycles. The summed E-state index contributed by atoms with van der Waals surface area (Å²) in [4.78, 5) is 37.4. The van der Waals surface area contributed by atoms with Crippen molar-refractivity contribution >= 4 is 45.0 Å². The van der Waals surface area contributed by atoms with Crippen LogP contribution in [0.25, 0.3) is 22.4 Å². The molecular weight excluding hydrogens is 390 g/mol. The lowest BCUT2D eigenvalue weighted by molar-refractivity contribution is -0.118. The zero-order valence-corrected chi connectivity index (χ0v) is 16.1. The van der Waals surface area contributed by atoms with Crippen LogP contribution < -0.4 is 15.4 Å². The van der Waals surface area contributed by atoms with E-state index in [1.807, 2.05) is 19.1 Å². The Bertz CT molecular complexity index is 1280. The van der Waals surface area contributed by atoms with Gasteiger partial charge in [0.1, 0.15) is 17.1 Å². The van der Waals surface area contributed by atoms with Crippen LogP contribution in [0.2, 0.25) is 0 Å². The molecule has 9 heteroatoms. The van der Waals surface area contributed by atoms with E-state index in [9.17, 15) is 9.59 Å². The Morgan fingerprint density at radius 3 is 3.00 bits per heavy atom. The SMILES string of the molecule is Cc1cnc(NC(=O)c2cccc3[nH]c(-c4ccc5c(c4)NC(=O)CO5)nc23)s1. The second-order valence-electron chi connectivity index (χ2n) is 6.57. The number of thiazole rings is 1. The van der Waals surface area contributed by atoms with Gasteiger partial charge >= 0.3 is 0 Å². The minimum absolute atomic E-state index is 0.00801. The predicted octanol–water partition coefficient (Wildman–Crippen LogP) is 3.58. The molecule has 2 amide bonds. The summed E-state index contributed by atoms with van der Waals surface area (Å²) in [6.07, 6.45) is 1.71. The Hall–Kier alpha value is -3.72. The van der Waals surface area contributed by atoms with Gasteiger partial charge in [0.25, 0.3) is 11.8 Å². The number of fused-ring (bicyclic) bond motifs is 2. The number of H-pyrrole nitrogens is 1. The number of amides is 2. The van der Waals surface area contributed by atoms with Gasteiger partial charge in [-0.25, -0.2) is 9.97 Å². The standard InChI is InChI=1S/C20H15N5O3S/c1-10-8-21-20(29-10)25-19(27)12-3-2-4-13-17(12)24-18(23-13)11-5-6-15-14(7-11)22-16(26)9-28-15/h2-8H,9H2,1H3,(H,22,26)(H,23,24)(H,21,25,27). The van der Waals surface area contributed by atoms with Crippen molar-refractivity contribution in [3.8, 4) is 17.1 Å². The molecule has 0 fully saturated rings. The number of anilines is 2. The van der Waals surface area contributed by atoms with Crippen LogP contribution in [0.3, 0.4) is 0 Å². The van der Waals surface area contributed by atoms with Crippen LogP contribution in [0.15, 0.2) is 42.6 Å². The third kappa shape index (κ3) is 3.21. The molecule has 4 aromatic rings. The van der Waals surface area contributed by atoms with Gasteiger partial charge in [-0.3, -0.25) is 14.9 Å². The molecule has 5 rings (SSSR count). The Kier molecular flexibility index (Phi) is 4.02. The van der Waals surface area contributed by atoms with E-state index in [1.54, 1.807) is 30.5 Å². The number of nitrogens with zero attached hydrogens (tertiary/aromatic N) is 2. The number of hydrogen-bond donors (Lipinski definition) is 3. The van der Waals surface area contributed by atoms with E-state index in [0.29, 0.717) is 33.5 Å². The van der Waals surface area contributed by atoms with Crippen LogP contribution in [0.5, 0.6) is 5.75 Å². The van der Waals surface area contributed by atoms with Crippen molar-refractivity contribution in [1.29, 1.82) is 0 Å². The number of carbonyl (C=O) groups is 2. The number of aromatic amines is 1. The lowest BCUT2D eigenvalue weighted by Crippen LogP contribution is -2.25. The van der Waals surface area contributed by atoms with E-state index in [0.717, 1.165) is 16.0 Å². The third-order valence-electron chi connectivity index (χ3n) is 4.48. The van der Waals surface area contributed by atoms with Crippen LogP contribution in [-0.2, 0) is 4.79 Å². The summed E-state index contributed by atoms with van der Waals surface area (Å²) < 4.78 is 5.39. The normalized spacial score (nSPS) is 12.9. The molecule has 0 atom stereocenters. The van der Waals surface area contributed by atoms with E-state index >= 15 is 0 Å². The van der Waals surface area contributed by atoms with Gasteiger partial charge in [0.2, 0.25) is 0 Å². The molecule has 0 aliphatic carbocycles. The van der Waals surface area contributed by atoms with Crippen molar-refractivity contribution in [2.45, 2.75) is 6.92 Å². The summed E-state index contributed by atoms with van der Waals surface area (Å²) in [7, 11) is 0. The lowest BCUT2D eigenvalue weighted by Gasteiger charge is -2.18. The van der Waals surface area contributed by atoms with Gasteiger partial charge < -0.3 is 15.0 Å². The molecule has 1 aliphatic heterocycles. The Morgan fingerprint density at radius 2 is 2.17 bits per heavy atom. The summed E-state index contributed by atoms with van der Waals surface area (Å²) >= 11 is 1.41. The van der Waals surface area contributed by atoms with Gasteiger partial charge in [-0.2, -0.15) is 0 Å². The first-order valence-corrected chi connectivity index (χ1v) is 9.68. The first-order chi connectivity index (χ1) is 14.1. The van der Waals surface area contributed by atoms with Crippen molar-refractivity contribution in [1.82, 2.24) is 15.0 Å². The first kappa shape index (κ1) is 17.4. The monoisotopic (exact) mass is 405 g/mol. The van der Waals surface area contributed by atoms with E-state index in [2.05, 4.69) is 25.6 Å². The zero-order valence-electron chi connectivity index (χ0n) is 15.3. The topological polar surface area (TPSA) is 109 Å². The second-order valence-corrected chi connectivity index (χ2v) is 7.80. The number of hydrogen-bond acceptors (Lipinski definition) is 6. The molecule has 0 saturated heterocycles. The van der Waals surface area contributed by atoms with Crippen molar-refractivity contribution < 1.29 is 14.3 Å². The van der Waals surface area contributed by atoms with Gasteiger partial charge in [-0.15, -0.1) is 11.3 Å². The fourth-order valence-electron chi connectivity index (χ4n) is 3.16. The van der Waals surface area contributed by atoms with Crippen molar-refractivity contribution in [3.05, 3.63) is 53.0 Å². The van der Waals surface area contributed by atoms with Crippen molar-refractivity contribution in [2.75, 3.05) is 17.2 Å². The quantitative estimate of drug-likeness (QED) is 0.483. The van der Waals surface area contributed by atoms with Gasteiger partial charge in [0.15, 0.2) is 11.7 Å². The number of carbonyl (C=O) groups excluding carboxylic acids is 2. The maximum absolute atomic E-state index is 12.7. The lowest BCUT2D eigenvalue weighted by atomic mass is 10.1. The predicted molar refractivity (Wildman–Crippen MR) is 110 cm³/mol. The van der Waals surface area contributed by atoms with Gasteiger partial charge in [0, 0.05) is 16.6 Å². The number of aryl methyl sites for hydroxylation is 1. The molecule has 1 aliphatic rings. The Balaban J connectivity index is 1.51. The van der Waals surface area contributed by atoms with Crippen LogP contribution >= 0.6 is 11.3 Å². The maximum atomic E-state index is 12.7. The average molecular weight is 405 g/mol. The molecule has 8 nitrogen and oxygen atoms in total. The first-order valence-electron chi connectivity index (χ1n) is 8.86. The van der Waals surface area contributed by atoms with E-state index in [4.69, 9.17) is 4.74 Å². The van der Waals surface area contributed by atoms with Gasteiger partial charge in [-0.05, 0) is 37.3 Å². The van der Waals surface area contributed by atoms with E-state index < -0.39 is 0 Å². The number of ether oxygens (including phenoxy) is 1. The Labute approximate surface area is 169 Å². The highest BCUT2D eigenvalue weighted by Crippen LogP contribution is 2.33. The fourth-order valence-corrected chi connectivity index (χ4v) is 3.82. The van der Waals surface area contributed by atoms with Crippen LogP contribution in [-0.4, -0.2) is 33.4 Å². The van der Waals surface area contributed by atoms with Gasteiger partial charge in [0.05, 0.1) is 16.8 Å². The molecular formula is C20H15N5O3S. The number of nitrogens with one attached hydrogen (secondary N) is 3. The highest BCUT2D eigenvalue weighted by molar-refractivity contribution is 7.15. The summed E-state index contributed by atoms with van der Waals surface area (Å²) in [5, 5.41) is 6.15. The Morgan fingerprint density at radius 1 is 1.28 bits per heavy atom. The van der Waals surface area contributed by atoms with E-state index in [1.165, 1.54) is 11.3 Å². The molecule has 3 heterocycles.